The number of nitrogens with zero attached hydrogens (tertiary/aromatic N) is 1. The molecule has 0 spiro atoms. The quantitative estimate of drug-likeness (QED) is 0.647. The Morgan fingerprint density at radius 2 is 1.82 bits per heavy atom. The number of benzene rings is 1. The largest absolute Gasteiger partial charge is 1.00 e. The predicted octanol–water partition coefficient (Wildman–Crippen LogP) is -1.43. The second kappa shape index (κ2) is 5.98. The summed E-state index contributed by atoms with van der Waals surface area (Å²) >= 11 is 0. The molecule has 1 N–H and O–H groups in total. The molecule has 2 nitrogen and oxygen atoms in total. The smallest absolute Gasteiger partial charge is 0.121 e. The molecule has 1 aromatic rings. The number of rotatable bonds is 2. The Kier molecular flexibility index (Phi) is 5.16. The highest BCUT2D eigenvalue weighted by molar-refractivity contribution is 5.28. The molecule has 2 rings (SSSR count). The Morgan fingerprint density at radius 1 is 1.24 bits per heavy atom. The maximum atomic E-state index is 2.34. The number of hydrogen-bond donors (Lipinski definition) is 1. The highest BCUT2D eigenvalue weighted by Gasteiger charge is 2.30. The maximum absolute atomic E-state index is 2.34. The molecule has 1 aliphatic rings. The molecular formula is C14H21IN2. The molecule has 3 heteroatoms. The zero-order chi connectivity index (χ0) is 11.7. The van der Waals surface area contributed by atoms with Crippen LogP contribution in [0.3, 0.4) is 0 Å². The minimum Gasteiger partial charge on any atom is -1.00 e. The third kappa shape index (κ3) is 2.89. The Labute approximate surface area is 121 Å². The van der Waals surface area contributed by atoms with E-state index in [0.29, 0.717) is 6.04 Å². The van der Waals surface area contributed by atoms with Gasteiger partial charge in [0.1, 0.15) is 11.7 Å². The van der Waals surface area contributed by atoms with Gasteiger partial charge in [-0.25, -0.2) is 5.01 Å². The van der Waals surface area contributed by atoms with Crippen LogP contribution in [0, 0.1) is 0 Å². The van der Waals surface area contributed by atoms with Crippen molar-refractivity contribution >= 4 is 0 Å². The van der Waals surface area contributed by atoms with E-state index in [1.165, 1.54) is 21.8 Å². The van der Waals surface area contributed by atoms with Crippen molar-refractivity contribution in [3.63, 3.8) is 0 Å². The summed E-state index contributed by atoms with van der Waals surface area (Å²) < 4.78 is 0. The average molecular weight is 344 g/mol. The molecule has 0 saturated heterocycles. The highest BCUT2D eigenvalue weighted by atomic mass is 127. The van der Waals surface area contributed by atoms with E-state index in [1.54, 1.807) is 0 Å². The predicted molar refractivity (Wildman–Crippen MR) is 67.0 cm³/mol. The summed E-state index contributed by atoms with van der Waals surface area (Å²) in [6.07, 6.45) is 3.46. The molecule has 0 bridgehead atoms. The molecule has 1 aromatic carbocycles. The molecular weight excluding hydrogens is 323 g/mol. The summed E-state index contributed by atoms with van der Waals surface area (Å²) in [5, 5.41) is 3.72. The van der Waals surface area contributed by atoms with Crippen LogP contribution in [0.4, 0.5) is 0 Å². The number of halogens is 1. The van der Waals surface area contributed by atoms with Gasteiger partial charge in [-0.05, 0) is 17.5 Å². The van der Waals surface area contributed by atoms with Gasteiger partial charge in [-0.2, -0.15) is 0 Å². The van der Waals surface area contributed by atoms with E-state index in [-0.39, 0.29) is 24.0 Å². The lowest BCUT2D eigenvalue weighted by Gasteiger charge is -2.22. The second-order valence-electron chi connectivity index (χ2n) is 4.59. The Bertz CT molecular complexity index is 397. The Balaban J connectivity index is 0.00000144. The SMILES string of the molecule is CCc1ccc(C2C=C(C)[NH+](C)N2C)cc1.[I-]. The van der Waals surface area contributed by atoms with E-state index in [1.807, 2.05) is 0 Å². The Morgan fingerprint density at radius 3 is 2.24 bits per heavy atom. The summed E-state index contributed by atoms with van der Waals surface area (Å²) in [4.78, 5) is 0. The second-order valence-corrected chi connectivity index (χ2v) is 4.59. The summed E-state index contributed by atoms with van der Waals surface area (Å²) in [5.41, 5.74) is 4.19. The van der Waals surface area contributed by atoms with Crippen molar-refractivity contribution in [2.24, 2.45) is 0 Å². The zero-order valence-electron chi connectivity index (χ0n) is 11.0. The zero-order valence-corrected chi connectivity index (χ0v) is 13.2. The van der Waals surface area contributed by atoms with Crippen molar-refractivity contribution in [2.45, 2.75) is 26.3 Å². The van der Waals surface area contributed by atoms with Crippen molar-refractivity contribution < 1.29 is 29.0 Å². The first kappa shape index (κ1) is 14.7. The normalized spacial score (nSPS) is 24.4. The number of allylic oxidation sites excluding steroid dienone is 1. The summed E-state index contributed by atoms with van der Waals surface area (Å²) in [7, 11) is 4.35. The van der Waals surface area contributed by atoms with Crippen molar-refractivity contribution in [3.8, 4) is 0 Å². The Hall–Kier alpha value is -0.390. The molecule has 2 atom stereocenters. The van der Waals surface area contributed by atoms with Crippen LogP contribution in [0.25, 0.3) is 0 Å². The van der Waals surface area contributed by atoms with Gasteiger partial charge < -0.3 is 24.0 Å². The first-order valence-corrected chi connectivity index (χ1v) is 5.97. The standard InChI is InChI=1S/C14H20N2.HI/c1-5-12-6-8-13(9-7-12)14-10-11(2)15(3)16(14)4;/h6-10,14H,5H2,1-4H3;1H. The number of quaternary nitrogens is 1. The van der Waals surface area contributed by atoms with Gasteiger partial charge in [-0.1, -0.05) is 31.2 Å². The third-order valence-corrected chi connectivity index (χ3v) is 3.65. The van der Waals surface area contributed by atoms with Crippen LogP contribution < -0.4 is 29.0 Å². The van der Waals surface area contributed by atoms with Crippen molar-refractivity contribution in [3.05, 3.63) is 47.2 Å². The van der Waals surface area contributed by atoms with Crippen molar-refractivity contribution in [2.75, 3.05) is 14.1 Å². The first-order chi connectivity index (χ1) is 7.63. The fourth-order valence-electron chi connectivity index (χ4n) is 2.23. The average Bonchev–Trinajstić information content (AvgIpc) is 2.57. The first-order valence-electron chi connectivity index (χ1n) is 5.97. The van der Waals surface area contributed by atoms with E-state index in [2.05, 4.69) is 63.3 Å². The van der Waals surface area contributed by atoms with Gasteiger partial charge in [0.25, 0.3) is 0 Å². The molecule has 1 aliphatic heterocycles. The van der Waals surface area contributed by atoms with E-state index in [0.717, 1.165) is 6.42 Å². The minimum atomic E-state index is 0. The van der Waals surface area contributed by atoms with Gasteiger partial charge >= 0.3 is 0 Å². The minimum absolute atomic E-state index is 0. The van der Waals surface area contributed by atoms with E-state index >= 15 is 0 Å². The van der Waals surface area contributed by atoms with Crippen LogP contribution in [0.1, 0.15) is 31.0 Å². The number of likely N-dealkylation sites (N-methyl/N-ethyl adjacent to an activating group) is 1. The lowest BCUT2D eigenvalue weighted by molar-refractivity contribution is -0.958. The fourth-order valence-corrected chi connectivity index (χ4v) is 2.23. The highest BCUT2D eigenvalue weighted by Crippen LogP contribution is 2.22. The van der Waals surface area contributed by atoms with E-state index in [9.17, 15) is 0 Å². The molecule has 2 unspecified atom stereocenters. The number of hydrogen-bond acceptors (Lipinski definition) is 1. The molecule has 0 fully saturated rings. The molecule has 17 heavy (non-hydrogen) atoms. The van der Waals surface area contributed by atoms with Crippen LogP contribution in [-0.4, -0.2) is 19.1 Å². The lowest BCUT2D eigenvalue weighted by Crippen LogP contribution is -3.11. The van der Waals surface area contributed by atoms with E-state index < -0.39 is 0 Å². The molecule has 0 radical (unpaired) electrons. The molecule has 1 heterocycles. The third-order valence-electron chi connectivity index (χ3n) is 3.65. The van der Waals surface area contributed by atoms with Crippen LogP contribution in [-0.2, 0) is 6.42 Å². The van der Waals surface area contributed by atoms with Gasteiger partial charge in [-0.15, -0.1) is 5.01 Å². The van der Waals surface area contributed by atoms with Crippen molar-refractivity contribution in [1.29, 1.82) is 0 Å². The van der Waals surface area contributed by atoms with Gasteiger partial charge in [0.15, 0.2) is 0 Å². The maximum Gasteiger partial charge on any atom is 0.121 e. The molecule has 0 saturated carbocycles. The molecule has 0 aliphatic carbocycles. The topological polar surface area (TPSA) is 7.68 Å². The van der Waals surface area contributed by atoms with Crippen LogP contribution in [0.15, 0.2) is 36.0 Å². The van der Waals surface area contributed by atoms with E-state index in [4.69, 9.17) is 0 Å². The van der Waals surface area contributed by atoms with Gasteiger partial charge in [-0.3, -0.25) is 0 Å². The van der Waals surface area contributed by atoms with Gasteiger partial charge in [0.2, 0.25) is 0 Å². The van der Waals surface area contributed by atoms with Crippen molar-refractivity contribution in [1.82, 2.24) is 5.01 Å². The molecule has 94 valence electrons. The number of aryl methyl sites for hydroxylation is 1. The van der Waals surface area contributed by atoms with Gasteiger partial charge in [0, 0.05) is 20.0 Å². The van der Waals surface area contributed by atoms with Crippen LogP contribution >= 0.6 is 0 Å². The lowest BCUT2D eigenvalue weighted by atomic mass is 10.0. The summed E-state index contributed by atoms with van der Waals surface area (Å²) in [6.45, 7) is 4.38. The monoisotopic (exact) mass is 344 g/mol. The fraction of sp³-hybridized carbons (Fsp3) is 0.429. The number of nitrogens with one attached hydrogen (secondary N) is 1. The molecule has 0 aromatic heterocycles. The van der Waals surface area contributed by atoms with Crippen LogP contribution in [0.5, 0.6) is 0 Å². The molecule has 0 amide bonds. The van der Waals surface area contributed by atoms with Crippen LogP contribution in [0.2, 0.25) is 0 Å². The summed E-state index contributed by atoms with van der Waals surface area (Å²) in [5.74, 6) is 0. The van der Waals surface area contributed by atoms with Gasteiger partial charge in [0.05, 0.1) is 7.05 Å². The summed E-state index contributed by atoms with van der Waals surface area (Å²) in [6, 6.07) is 9.40.